The molecule has 3 nitrogen and oxygen atoms in total. The lowest BCUT2D eigenvalue weighted by atomic mass is 10.0. The summed E-state index contributed by atoms with van der Waals surface area (Å²) in [6.45, 7) is 3.90. The van der Waals surface area contributed by atoms with E-state index in [1.165, 1.54) is 0 Å². The first-order valence-electron chi connectivity index (χ1n) is 5.15. The summed E-state index contributed by atoms with van der Waals surface area (Å²) in [5.74, 6) is -0.149. The van der Waals surface area contributed by atoms with Crippen molar-refractivity contribution < 1.29 is 0 Å². The summed E-state index contributed by atoms with van der Waals surface area (Å²) in [6.07, 6.45) is 1.68. The fraction of sp³-hybridized carbons (Fsp3) is 0.455. The Kier molecular flexibility index (Phi) is 3.53. The topological polar surface area (TPSA) is 29.0 Å². The van der Waals surface area contributed by atoms with Gasteiger partial charge in [-0.1, -0.05) is 28.8 Å². The molecule has 17 heavy (non-hydrogen) atoms. The van der Waals surface area contributed by atoms with E-state index in [0.29, 0.717) is 5.03 Å². The van der Waals surface area contributed by atoms with Gasteiger partial charge in [0.1, 0.15) is 5.50 Å². The first-order valence-corrected chi connectivity index (χ1v) is 6.35. The van der Waals surface area contributed by atoms with Crippen LogP contribution in [-0.4, -0.2) is 22.5 Å². The number of fused-ring (bicyclic) bond motifs is 1. The normalized spacial score (nSPS) is 22.6. The van der Waals surface area contributed by atoms with Gasteiger partial charge in [0.15, 0.2) is 0 Å². The van der Waals surface area contributed by atoms with Gasteiger partial charge in [-0.15, -0.1) is 0 Å². The average Bonchev–Trinajstić information content (AvgIpc) is 2.50. The number of hydrogen-bond acceptors (Lipinski definition) is 3. The Hall–Kier alpha value is -0.510. The molecule has 1 aromatic rings. The molecule has 0 amide bonds. The lowest BCUT2D eigenvalue weighted by molar-refractivity contribution is 0.765. The third-order valence-corrected chi connectivity index (χ3v) is 4.18. The summed E-state index contributed by atoms with van der Waals surface area (Å²) in [7, 11) is 1.89. The van der Waals surface area contributed by atoms with E-state index in [-0.39, 0.29) is 16.7 Å². The van der Waals surface area contributed by atoms with Crippen LogP contribution in [0.15, 0.2) is 16.8 Å². The molecule has 2 atom stereocenters. The Bertz CT molecular complexity index is 483. The first-order chi connectivity index (χ1) is 7.93. The highest BCUT2D eigenvalue weighted by atomic mass is 35.5. The van der Waals surface area contributed by atoms with Gasteiger partial charge in [-0.05, 0) is 25.4 Å². The zero-order valence-electron chi connectivity index (χ0n) is 9.71. The molecule has 2 heterocycles. The molecular weight excluding hydrogens is 281 g/mol. The second-order valence-corrected chi connectivity index (χ2v) is 5.41. The second kappa shape index (κ2) is 4.63. The summed E-state index contributed by atoms with van der Waals surface area (Å²) in [6, 6.07) is 0. The van der Waals surface area contributed by atoms with Crippen LogP contribution in [-0.2, 0) is 0 Å². The highest BCUT2D eigenvalue weighted by molar-refractivity contribution is 6.33. The van der Waals surface area contributed by atoms with Crippen molar-refractivity contribution >= 4 is 40.5 Å². The molecule has 0 fully saturated rings. The second-order valence-electron chi connectivity index (χ2n) is 4.22. The van der Waals surface area contributed by atoms with Crippen molar-refractivity contribution in [2.45, 2.75) is 25.3 Å². The van der Waals surface area contributed by atoms with Crippen LogP contribution < -0.4 is 4.90 Å². The fourth-order valence-corrected chi connectivity index (χ4v) is 2.68. The van der Waals surface area contributed by atoms with Crippen molar-refractivity contribution in [2.75, 3.05) is 11.9 Å². The van der Waals surface area contributed by atoms with Crippen LogP contribution in [0.4, 0.5) is 5.69 Å². The van der Waals surface area contributed by atoms with E-state index in [0.717, 1.165) is 17.0 Å². The molecule has 0 N–H and O–H groups in total. The summed E-state index contributed by atoms with van der Waals surface area (Å²) in [5.41, 5.74) is 2.43. The molecule has 0 bridgehead atoms. The minimum absolute atomic E-state index is 0.149. The SMILES string of the molecule is CC(C)=C(Cl)C1c2nc(Cl)ncc2N(C)C1Cl. The highest BCUT2D eigenvalue weighted by Gasteiger charge is 2.39. The third-order valence-electron chi connectivity index (χ3n) is 2.84. The molecule has 0 spiro atoms. The largest absolute Gasteiger partial charge is 0.355 e. The molecule has 0 radical (unpaired) electrons. The molecule has 92 valence electrons. The fourth-order valence-electron chi connectivity index (χ4n) is 1.91. The zero-order chi connectivity index (χ0) is 12.7. The van der Waals surface area contributed by atoms with Crippen molar-refractivity contribution in [2.24, 2.45) is 0 Å². The summed E-state index contributed by atoms with van der Waals surface area (Å²) in [5, 5.41) is 0.927. The minimum Gasteiger partial charge on any atom is -0.355 e. The Morgan fingerprint density at radius 2 is 2.06 bits per heavy atom. The van der Waals surface area contributed by atoms with Gasteiger partial charge in [0.05, 0.1) is 23.5 Å². The Labute approximate surface area is 115 Å². The maximum absolute atomic E-state index is 6.38. The van der Waals surface area contributed by atoms with E-state index in [1.807, 2.05) is 25.8 Å². The standard InChI is InChI=1S/C11H12Cl3N3/c1-5(2)8(12)7-9-6(17(3)10(7)13)4-15-11(14)16-9/h4,7,10H,1-3H3. The highest BCUT2D eigenvalue weighted by Crippen LogP contribution is 2.46. The molecule has 2 unspecified atom stereocenters. The lowest BCUT2D eigenvalue weighted by Gasteiger charge is -2.20. The van der Waals surface area contributed by atoms with Gasteiger partial charge >= 0.3 is 0 Å². The van der Waals surface area contributed by atoms with Crippen LogP contribution in [0.25, 0.3) is 0 Å². The number of nitrogens with zero attached hydrogens (tertiary/aromatic N) is 3. The smallest absolute Gasteiger partial charge is 0.222 e. The number of anilines is 1. The van der Waals surface area contributed by atoms with Gasteiger partial charge in [0.25, 0.3) is 0 Å². The van der Waals surface area contributed by atoms with Crippen LogP contribution in [0.1, 0.15) is 25.5 Å². The predicted molar refractivity (Wildman–Crippen MR) is 72.1 cm³/mol. The van der Waals surface area contributed by atoms with E-state index in [9.17, 15) is 0 Å². The van der Waals surface area contributed by atoms with Crippen LogP contribution in [0.2, 0.25) is 5.28 Å². The number of likely N-dealkylation sites (N-methyl/N-ethyl adjacent to an activating group) is 1. The van der Waals surface area contributed by atoms with Crippen molar-refractivity contribution in [3.8, 4) is 0 Å². The molecule has 0 saturated heterocycles. The Morgan fingerprint density at radius 1 is 1.41 bits per heavy atom. The van der Waals surface area contributed by atoms with E-state index in [2.05, 4.69) is 9.97 Å². The molecule has 6 heteroatoms. The van der Waals surface area contributed by atoms with Crippen LogP contribution in [0, 0.1) is 0 Å². The van der Waals surface area contributed by atoms with Gasteiger partial charge < -0.3 is 4.90 Å². The van der Waals surface area contributed by atoms with Gasteiger partial charge in [-0.25, -0.2) is 9.97 Å². The summed E-state index contributed by atoms with van der Waals surface area (Å²) in [4.78, 5) is 10.1. The number of halogens is 3. The zero-order valence-corrected chi connectivity index (χ0v) is 12.0. The van der Waals surface area contributed by atoms with E-state index in [1.54, 1.807) is 6.20 Å². The average molecular weight is 293 g/mol. The van der Waals surface area contributed by atoms with E-state index >= 15 is 0 Å². The molecule has 0 saturated carbocycles. The molecule has 1 aromatic heterocycles. The number of rotatable bonds is 1. The van der Waals surface area contributed by atoms with E-state index in [4.69, 9.17) is 34.8 Å². The molecule has 0 aromatic carbocycles. The van der Waals surface area contributed by atoms with Crippen LogP contribution >= 0.6 is 34.8 Å². The van der Waals surface area contributed by atoms with Crippen molar-refractivity contribution in [3.63, 3.8) is 0 Å². The van der Waals surface area contributed by atoms with Crippen molar-refractivity contribution in [1.29, 1.82) is 0 Å². The Balaban J connectivity index is 2.58. The van der Waals surface area contributed by atoms with Crippen LogP contribution in [0.5, 0.6) is 0 Å². The summed E-state index contributed by atoms with van der Waals surface area (Å²) < 4.78 is 0. The minimum atomic E-state index is -0.264. The maximum Gasteiger partial charge on any atom is 0.222 e. The maximum atomic E-state index is 6.38. The molecule has 2 rings (SSSR count). The quantitative estimate of drug-likeness (QED) is 0.448. The first kappa shape index (κ1) is 12.9. The monoisotopic (exact) mass is 291 g/mol. The number of aromatic nitrogens is 2. The third kappa shape index (κ3) is 2.12. The van der Waals surface area contributed by atoms with Crippen molar-refractivity contribution in [1.82, 2.24) is 9.97 Å². The lowest BCUT2D eigenvalue weighted by Crippen LogP contribution is -2.25. The molecule has 1 aliphatic rings. The Morgan fingerprint density at radius 3 is 2.65 bits per heavy atom. The van der Waals surface area contributed by atoms with Crippen LogP contribution in [0.3, 0.4) is 0 Å². The predicted octanol–water partition coefficient (Wildman–Crippen LogP) is 3.76. The number of alkyl halides is 1. The number of allylic oxidation sites excluding steroid dienone is 1. The van der Waals surface area contributed by atoms with E-state index < -0.39 is 0 Å². The molecule has 0 aliphatic carbocycles. The molecular formula is C11H12Cl3N3. The van der Waals surface area contributed by atoms with Gasteiger partial charge in [0.2, 0.25) is 5.28 Å². The number of hydrogen-bond donors (Lipinski definition) is 0. The van der Waals surface area contributed by atoms with Gasteiger partial charge in [-0.2, -0.15) is 0 Å². The van der Waals surface area contributed by atoms with Gasteiger partial charge in [-0.3, -0.25) is 0 Å². The van der Waals surface area contributed by atoms with Crippen molar-refractivity contribution in [3.05, 3.63) is 27.8 Å². The molecule has 1 aliphatic heterocycles. The van der Waals surface area contributed by atoms with Gasteiger partial charge in [0, 0.05) is 12.1 Å². The summed E-state index contributed by atoms with van der Waals surface area (Å²) >= 11 is 18.5.